The minimum absolute atomic E-state index is 0.165. The van der Waals surface area contributed by atoms with Gasteiger partial charge < -0.3 is 10.6 Å². The lowest BCUT2D eigenvalue weighted by molar-refractivity contribution is -0.123. The van der Waals surface area contributed by atoms with Crippen molar-refractivity contribution < 1.29 is 9.59 Å². The number of amides is 2. The molecule has 2 rings (SSSR count). The average Bonchev–Trinajstić information content (AvgIpc) is 2.38. The maximum atomic E-state index is 12.3. The van der Waals surface area contributed by atoms with Crippen molar-refractivity contribution in [1.82, 2.24) is 9.88 Å². The van der Waals surface area contributed by atoms with Gasteiger partial charge in [-0.05, 0) is 47.3 Å². The molecule has 1 aromatic heterocycles. The predicted octanol–water partition coefficient (Wildman–Crippen LogP) is 1.32. The fourth-order valence-corrected chi connectivity index (χ4v) is 2.54. The first-order valence-corrected chi connectivity index (χ1v) is 6.61. The Kier molecular flexibility index (Phi) is 3.96. The van der Waals surface area contributed by atoms with Gasteiger partial charge in [-0.15, -0.1) is 0 Å². The molecule has 1 aromatic rings. The van der Waals surface area contributed by atoms with Gasteiger partial charge in [-0.2, -0.15) is 0 Å². The van der Waals surface area contributed by atoms with Crippen LogP contribution in [0.3, 0.4) is 0 Å². The maximum Gasteiger partial charge on any atom is 0.254 e. The van der Waals surface area contributed by atoms with Gasteiger partial charge in [-0.1, -0.05) is 0 Å². The highest BCUT2D eigenvalue weighted by Gasteiger charge is 2.31. The van der Waals surface area contributed by atoms with E-state index in [4.69, 9.17) is 5.73 Å². The fourth-order valence-electron chi connectivity index (χ4n) is 2.17. The number of rotatable bonds is 2. The second kappa shape index (κ2) is 5.48. The second-order valence-electron chi connectivity index (χ2n) is 4.28. The number of primary amides is 1. The third kappa shape index (κ3) is 2.69. The van der Waals surface area contributed by atoms with E-state index in [-0.39, 0.29) is 5.91 Å². The lowest BCUT2D eigenvalue weighted by Crippen LogP contribution is -2.50. The lowest BCUT2D eigenvalue weighted by Gasteiger charge is -2.33. The number of hydrogen-bond donors (Lipinski definition) is 1. The molecule has 18 heavy (non-hydrogen) atoms. The first kappa shape index (κ1) is 13.0. The van der Waals surface area contributed by atoms with Crippen LogP contribution in [0.15, 0.2) is 22.9 Å². The Hall–Kier alpha value is -1.43. The van der Waals surface area contributed by atoms with E-state index >= 15 is 0 Å². The van der Waals surface area contributed by atoms with Crippen LogP contribution < -0.4 is 5.73 Å². The van der Waals surface area contributed by atoms with Gasteiger partial charge in [0.05, 0.1) is 0 Å². The van der Waals surface area contributed by atoms with Crippen molar-refractivity contribution in [1.29, 1.82) is 0 Å². The quantitative estimate of drug-likeness (QED) is 0.837. The van der Waals surface area contributed by atoms with E-state index in [1.165, 1.54) is 0 Å². The molecule has 0 aromatic carbocycles. The molecule has 2 amide bonds. The summed E-state index contributed by atoms with van der Waals surface area (Å²) < 4.78 is 0.598. The molecule has 0 bridgehead atoms. The normalized spacial score (nSPS) is 19.6. The molecule has 1 saturated heterocycles. The second-order valence-corrected chi connectivity index (χ2v) is 5.09. The van der Waals surface area contributed by atoms with Gasteiger partial charge in [0.1, 0.15) is 10.6 Å². The van der Waals surface area contributed by atoms with Crippen LogP contribution >= 0.6 is 15.9 Å². The third-order valence-electron chi connectivity index (χ3n) is 3.07. The van der Waals surface area contributed by atoms with E-state index in [9.17, 15) is 9.59 Å². The molecule has 1 aliphatic rings. The number of carbonyl (C=O) groups is 2. The molecular formula is C12H14BrN3O2. The molecule has 96 valence electrons. The smallest absolute Gasteiger partial charge is 0.254 e. The highest BCUT2D eigenvalue weighted by atomic mass is 79.9. The highest BCUT2D eigenvalue weighted by Crippen LogP contribution is 2.20. The first-order chi connectivity index (χ1) is 8.59. The number of likely N-dealkylation sites (tertiary alicyclic amines) is 1. The van der Waals surface area contributed by atoms with Gasteiger partial charge in [-0.3, -0.25) is 9.59 Å². The standard InChI is InChI=1S/C12H14BrN3O2/c13-10-7-8(4-5-15-10)12(18)16-6-2-1-3-9(16)11(14)17/h4-5,7,9H,1-3,6H2,(H2,14,17). The summed E-state index contributed by atoms with van der Waals surface area (Å²) in [5.74, 6) is -0.599. The Bertz CT molecular complexity index is 478. The topological polar surface area (TPSA) is 76.3 Å². The SMILES string of the molecule is NC(=O)C1CCCCN1C(=O)c1ccnc(Br)c1. The Morgan fingerprint density at radius 3 is 2.89 bits per heavy atom. The maximum absolute atomic E-state index is 12.3. The lowest BCUT2D eigenvalue weighted by atomic mass is 10.0. The van der Waals surface area contributed by atoms with Crippen LogP contribution in [0.4, 0.5) is 0 Å². The first-order valence-electron chi connectivity index (χ1n) is 5.81. The molecule has 0 saturated carbocycles. The van der Waals surface area contributed by atoms with Crippen LogP contribution in [-0.4, -0.2) is 34.3 Å². The molecule has 2 heterocycles. The van der Waals surface area contributed by atoms with Gasteiger partial charge in [0.15, 0.2) is 0 Å². The molecule has 6 heteroatoms. The summed E-state index contributed by atoms with van der Waals surface area (Å²) in [4.78, 5) is 29.2. The van der Waals surface area contributed by atoms with E-state index in [2.05, 4.69) is 20.9 Å². The Balaban J connectivity index is 2.23. The van der Waals surface area contributed by atoms with E-state index < -0.39 is 11.9 Å². The molecule has 0 spiro atoms. The Morgan fingerprint density at radius 1 is 1.44 bits per heavy atom. The van der Waals surface area contributed by atoms with Crippen molar-refractivity contribution in [3.63, 3.8) is 0 Å². The van der Waals surface area contributed by atoms with Crippen LogP contribution in [0.5, 0.6) is 0 Å². The van der Waals surface area contributed by atoms with Gasteiger partial charge >= 0.3 is 0 Å². The van der Waals surface area contributed by atoms with Gasteiger partial charge in [-0.25, -0.2) is 4.98 Å². The minimum atomic E-state index is -0.488. The molecule has 0 aliphatic carbocycles. The number of aromatic nitrogens is 1. The Labute approximate surface area is 113 Å². The largest absolute Gasteiger partial charge is 0.368 e. The summed E-state index contributed by atoms with van der Waals surface area (Å²) in [6.45, 7) is 0.576. The van der Waals surface area contributed by atoms with Gasteiger partial charge in [0.2, 0.25) is 5.91 Å². The summed E-state index contributed by atoms with van der Waals surface area (Å²) >= 11 is 3.23. The van der Waals surface area contributed by atoms with Crippen LogP contribution in [0.1, 0.15) is 29.6 Å². The zero-order valence-corrected chi connectivity index (χ0v) is 11.4. The fraction of sp³-hybridized carbons (Fsp3) is 0.417. The summed E-state index contributed by atoms with van der Waals surface area (Å²) in [5, 5.41) is 0. The molecule has 1 atom stereocenters. The van der Waals surface area contributed by atoms with Crippen molar-refractivity contribution >= 4 is 27.7 Å². The molecule has 1 fully saturated rings. The molecule has 1 aliphatic heterocycles. The minimum Gasteiger partial charge on any atom is -0.368 e. The zero-order valence-electron chi connectivity index (χ0n) is 9.80. The number of nitrogens with zero attached hydrogens (tertiary/aromatic N) is 2. The number of carbonyl (C=O) groups excluding carboxylic acids is 2. The molecule has 0 radical (unpaired) electrons. The summed E-state index contributed by atoms with van der Waals surface area (Å²) in [6.07, 6.45) is 4.03. The van der Waals surface area contributed by atoms with Gasteiger partial charge in [0.25, 0.3) is 5.91 Å². The van der Waals surface area contributed by atoms with Crippen molar-refractivity contribution in [2.75, 3.05) is 6.54 Å². The molecule has 2 N–H and O–H groups in total. The van der Waals surface area contributed by atoms with E-state index in [1.807, 2.05) is 0 Å². The van der Waals surface area contributed by atoms with Crippen LogP contribution in [-0.2, 0) is 4.79 Å². The number of pyridine rings is 1. The summed E-state index contributed by atoms with van der Waals surface area (Å²) in [6, 6.07) is 2.80. The third-order valence-corrected chi connectivity index (χ3v) is 3.50. The monoisotopic (exact) mass is 311 g/mol. The van der Waals surface area contributed by atoms with Crippen molar-refractivity contribution in [3.8, 4) is 0 Å². The highest BCUT2D eigenvalue weighted by molar-refractivity contribution is 9.10. The van der Waals surface area contributed by atoms with Crippen LogP contribution in [0.2, 0.25) is 0 Å². The molecular weight excluding hydrogens is 298 g/mol. The van der Waals surface area contributed by atoms with E-state index in [1.54, 1.807) is 23.2 Å². The Morgan fingerprint density at radius 2 is 2.22 bits per heavy atom. The average molecular weight is 312 g/mol. The number of piperidine rings is 1. The predicted molar refractivity (Wildman–Crippen MR) is 69.8 cm³/mol. The van der Waals surface area contributed by atoms with Crippen molar-refractivity contribution in [3.05, 3.63) is 28.5 Å². The van der Waals surface area contributed by atoms with Gasteiger partial charge in [0, 0.05) is 18.3 Å². The van der Waals surface area contributed by atoms with E-state index in [0.717, 1.165) is 12.8 Å². The molecule has 5 nitrogen and oxygen atoms in total. The number of hydrogen-bond acceptors (Lipinski definition) is 3. The van der Waals surface area contributed by atoms with Crippen molar-refractivity contribution in [2.24, 2.45) is 5.73 Å². The zero-order chi connectivity index (χ0) is 13.1. The van der Waals surface area contributed by atoms with E-state index in [0.29, 0.717) is 23.1 Å². The number of halogens is 1. The number of nitrogens with two attached hydrogens (primary N) is 1. The van der Waals surface area contributed by atoms with Crippen LogP contribution in [0, 0.1) is 0 Å². The summed E-state index contributed by atoms with van der Waals surface area (Å²) in [5.41, 5.74) is 5.87. The molecule has 1 unspecified atom stereocenters. The van der Waals surface area contributed by atoms with Crippen LogP contribution in [0.25, 0.3) is 0 Å². The summed E-state index contributed by atoms with van der Waals surface area (Å²) in [7, 11) is 0. The van der Waals surface area contributed by atoms with Crippen molar-refractivity contribution in [2.45, 2.75) is 25.3 Å².